The predicted molar refractivity (Wildman–Crippen MR) is 119 cm³/mol. The third-order valence-electron chi connectivity index (χ3n) is 6.32. The number of nitrogens with zero attached hydrogens (tertiary/aromatic N) is 2. The second-order valence-electron chi connectivity index (χ2n) is 8.74. The Balaban J connectivity index is 1.68. The molecule has 33 heavy (non-hydrogen) atoms. The van der Waals surface area contributed by atoms with Crippen molar-refractivity contribution in [1.29, 1.82) is 0 Å². The number of aliphatic hydroxyl groups excluding tert-OH is 1. The van der Waals surface area contributed by atoms with Crippen LogP contribution in [0.2, 0.25) is 0 Å². The number of rotatable bonds is 8. The average Bonchev–Trinajstić information content (AvgIpc) is 3.46. The van der Waals surface area contributed by atoms with E-state index >= 15 is 0 Å². The highest BCUT2D eigenvalue weighted by Crippen LogP contribution is 2.26. The molecular formula is C23H32N4O6. The summed E-state index contributed by atoms with van der Waals surface area (Å²) < 4.78 is 0. The molecular weight excluding hydrogens is 428 g/mol. The van der Waals surface area contributed by atoms with Crippen molar-refractivity contribution >= 4 is 23.7 Å². The fourth-order valence-electron chi connectivity index (χ4n) is 4.55. The lowest BCUT2D eigenvalue weighted by molar-refractivity contribution is -0.153. The molecule has 3 rings (SSSR count). The van der Waals surface area contributed by atoms with Gasteiger partial charge >= 0.3 is 5.97 Å². The molecule has 3 amide bonds. The first-order valence-electron chi connectivity index (χ1n) is 11.3. The van der Waals surface area contributed by atoms with Crippen LogP contribution in [0.4, 0.5) is 0 Å². The summed E-state index contributed by atoms with van der Waals surface area (Å²) in [7, 11) is 0. The summed E-state index contributed by atoms with van der Waals surface area (Å²) in [6.07, 6.45) is 1.01. The van der Waals surface area contributed by atoms with Crippen molar-refractivity contribution in [2.24, 2.45) is 5.73 Å². The molecule has 2 aliphatic heterocycles. The first-order chi connectivity index (χ1) is 15.7. The quantitative estimate of drug-likeness (QED) is 0.407. The SMILES string of the molecule is CC(O)C(NC(=O)C(N)Cc1ccccc1)C(=O)N1CCCC1C(=O)N1CCCC1C(=O)O. The first-order valence-corrected chi connectivity index (χ1v) is 11.3. The van der Waals surface area contributed by atoms with E-state index in [4.69, 9.17) is 5.73 Å². The molecule has 10 nitrogen and oxygen atoms in total. The van der Waals surface area contributed by atoms with Gasteiger partial charge in [-0.1, -0.05) is 30.3 Å². The van der Waals surface area contributed by atoms with E-state index in [1.165, 1.54) is 16.7 Å². The molecule has 2 heterocycles. The van der Waals surface area contributed by atoms with Gasteiger partial charge in [0.25, 0.3) is 0 Å². The summed E-state index contributed by atoms with van der Waals surface area (Å²) in [5.41, 5.74) is 6.88. The van der Waals surface area contributed by atoms with E-state index in [0.717, 1.165) is 5.56 Å². The molecule has 10 heteroatoms. The molecule has 0 radical (unpaired) electrons. The van der Waals surface area contributed by atoms with E-state index < -0.39 is 54.0 Å². The van der Waals surface area contributed by atoms with Gasteiger partial charge in [-0.2, -0.15) is 0 Å². The maximum Gasteiger partial charge on any atom is 0.326 e. The first kappa shape index (κ1) is 24.7. The van der Waals surface area contributed by atoms with Crippen LogP contribution in [0.1, 0.15) is 38.2 Å². The summed E-state index contributed by atoms with van der Waals surface area (Å²) in [5.74, 6) is -2.61. The summed E-state index contributed by atoms with van der Waals surface area (Å²) in [5, 5.41) is 22.2. The number of carboxylic acids is 1. The molecule has 5 N–H and O–H groups in total. The molecule has 0 spiro atoms. The van der Waals surface area contributed by atoms with Gasteiger partial charge in [-0.15, -0.1) is 0 Å². The Hall–Kier alpha value is -2.98. The number of carbonyl (C=O) groups is 4. The maximum absolute atomic E-state index is 13.3. The number of carboxylic acid groups (broad SMARTS) is 1. The highest BCUT2D eigenvalue weighted by Gasteiger charge is 2.44. The highest BCUT2D eigenvalue weighted by molar-refractivity contribution is 5.95. The van der Waals surface area contributed by atoms with Crippen LogP contribution < -0.4 is 11.1 Å². The van der Waals surface area contributed by atoms with Gasteiger partial charge in [-0.25, -0.2) is 4.79 Å². The minimum absolute atomic E-state index is 0.268. The number of aliphatic hydroxyl groups is 1. The molecule has 0 bridgehead atoms. The standard InChI is InChI=1S/C23H32N4O6/c1-14(28)19(25-20(29)16(24)13-15-7-3-2-4-8-15)22(31)26-11-5-9-17(26)21(30)27-12-6-10-18(27)23(32)33/h2-4,7-8,14,16-19,28H,5-6,9-13,24H2,1H3,(H,25,29)(H,32,33). The third-order valence-corrected chi connectivity index (χ3v) is 6.32. The largest absolute Gasteiger partial charge is 0.480 e. The van der Waals surface area contributed by atoms with Gasteiger partial charge in [0.2, 0.25) is 17.7 Å². The van der Waals surface area contributed by atoms with E-state index in [9.17, 15) is 29.4 Å². The van der Waals surface area contributed by atoms with Crippen molar-refractivity contribution in [3.05, 3.63) is 35.9 Å². The van der Waals surface area contributed by atoms with Crippen molar-refractivity contribution in [2.45, 2.75) is 69.3 Å². The van der Waals surface area contributed by atoms with Gasteiger partial charge in [0, 0.05) is 13.1 Å². The summed E-state index contributed by atoms with van der Waals surface area (Å²) in [6.45, 7) is 2.01. The smallest absolute Gasteiger partial charge is 0.326 e. The summed E-state index contributed by atoms with van der Waals surface area (Å²) in [6, 6.07) is 5.32. The molecule has 2 aliphatic rings. The molecule has 0 aromatic heterocycles. The topological polar surface area (TPSA) is 153 Å². The Morgan fingerprint density at radius 3 is 2.27 bits per heavy atom. The number of nitrogens with one attached hydrogen (secondary N) is 1. The molecule has 1 aromatic rings. The maximum atomic E-state index is 13.3. The molecule has 2 saturated heterocycles. The van der Waals surface area contributed by atoms with E-state index in [-0.39, 0.29) is 13.0 Å². The fraction of sp³-hybridized carbons (Fsp3) is 0.565. The van der Waals surface area contributed by atoms with Gasteiger partial charge in [-0.3, -0.25) is 14.4 Å². The van der Waals surface area contributed by atoms with Crippen LogP contribution in [0, 0.1) is 0 Å². The molecule has 0 aliphatic carbocycles. The van der Waals surface area contributed by atoms with Gasteiger partial charge < -0.3 is 31.1 Å². The van der Waals surface area contributed by atoms with Crippen molar-refractivity contribution in [1.82, 2.24) is 15.1 Å². The zero-order valence-electron chi connectivity index (χ0n) is 18.7. The van der Waals surface area contributed by atoms with Gasteiger partial charge in [0.05, 0.1) is 12.1 Å². The second-order valence-corrected chi connectivity index (χ2v) is 8.74. The number of amides is 3. The number of aliphatic carboxylic acids is 1. The highest BCUT2D eigenvalue weighted by atomic mass is 16.4. The van der Waals surface area contributed by atoms with Crippen molar-refractivity contribution in [2.75, 3.05) is 13.1 Å². The van der Waals surface area contributed by atoms with Crippen molar-refractivity contribution in [3.8, 4) is 0 Å². The Morgan fingerprint density at radius 1 is 1.06 bits per heavy atom. The van der Waals surface area contributed by atoms with Crippen molar-refractivity contribution in [3.63, 3.8) is 0 Å². The second kappa shape index (κ2) is 10.8. The number of hydrogen-bond donors (Lipinski definition) is 4. The summed E-state index contributed by atoms with van der Waals surface area (Å²) in [4.78, 5) is 53.2. The van der Waals surface area contributed by atoms with Crippen LogP contribution in [0.25, 0.3) is 0 Å². The van der Waals surface area contributed by atoms with Crippen molar-refractivity contribution < 1.29 is 29.4 Å². The lowest BCUT2D eigenvalue weighted by Gasteiger charge is -2.33. The number of nitrogens with two attached hydrogens (primary N) is 1. The lowest BCUT2D eigenvalue weighted by atomic mass is 10.0. The minimum Gasteiger partial charge on any atom is -0.480 e. The van der Waals surface area contributed by atoms with Gasteiger partial charge in [0.1, 0.15) is 18.1 Å². The van der Waals surface area contributed by atoms with E-state index in [1.807, 2.05) is 30.3 Å². The Bertz CT molecular complexity index is 877. The Labute approximate surface area is 192 Å². The van der Waals surface area contributed by atoms with Crippen LogP contribution >= 0.6 is 0 Å². The molecule has 1 aromatic carbocycles. The predicted octanol–water partition coefficient (Wildman–Crippen LogP) is -0.511. The number of carbonyl (C=O) groups excluding carboxylic acids is 3. The van der Waals surface area contributed by atoms with Crippen LogP contribution in [-0.2, 0) is 25.6 Å². The van der Waals surface area contributed by atoms with Crippen LogP contribution in [0.15, 0.2) is 30.3 Å². The average molecular weight is 461 g/mol. The fourth-order valence-corrected chi connectivity index (χ4v) is 4.55. The van der Waals surface area contributed by atoms with E-state index in [0.29, 0.717) is 32.2 Å². The Kier molecular flexibility index (Phi) is 8.04. The van der Waals surface area contributed by atoms with Gasteiger partial charge in [0.15, 0.2) is 0 Å². The third kappa shape index (κ3) is 5.69. The Morgan fingerprint density at radius 2 is 1.67 bits per heavy atom. The molecule has 5 atom stereocenters. The lowest BCUT2D eigenvalue weighted by Crippen LogP contribution is -2.59. The summed E-state index contributed by atoms with van der Waals surface area (Å²) >= 11 is 0. The number of benzene rings is 1. The van der Waals surface area contributed by atoms with Gasteiger partial charge in [-0.05, 0) is 44.6 Å². The number of likely N-dealkylation sites (tertiary alicyclic amines) is 2. The molecule has 180 valence electrons. The van der Waals surface area contributed by atoms with Crippen LogP contribution in [0.5, 0.6) is 0 Å². The zero-order chi connectivity index (χ0) is 24.1. The molecule has 0 saturated carbocycles. The normalized spacial score (nSPS) is 23.1. The van der Waals surface area contributed by atoms with Crippen LogP contribution in [-0.4, -0.2) is 87.1 Å². The van der Waals surface area contributed by atoms with E-state index in [1.54, 1.807) is 0 Å². The zero-order valence-corrected chi connectivity index (χ0v) is 18.7. The molecule has 5 unspecified atom stereocenters. The number of hydrogen-bond acceptors (Lipinski definition) is 6. The monoisotopic (exact) mass is 460 g/mol. The van der Waals surface area contributed by atoms with E-state index in [2.05, 4.69) is 5.32 Å². The van der Waals surface area contributed by atoms with Crippen LogP contribution in [0.3, 0.4) is 0 Å². The molecule has 2 fully saturated rings. The minimum atomic E-state index is -1.26.